The highest BCUT2D eigenvalue weighted by atomic mass is 19.4. The topological polar surface area (TPSA) is 120 Å². The lowest BCUT2D eigenvalue weighted by atomic mass is 9.74. The molecule has 1 amide bonds. The van der Waals surface area contributed by atoms with Crippen molar-refractivity contribution < 1.29 is 50.9 Å². The zero-order chi connectivity index (χ0) is 32.7. The molecule has 236 valence electrons. The van der Waals surface area contributed by atoms with Crippen molar-refractivity contribution in [1.82, 2.24) is 15.2 Å². The predicted molar refractivity (Wildman–Crippen MR) is 149 cm³/mol. The average Bonchev–Trinajstić information content (AvgIpc) is 3.31. The molecule has 2 aromatic carbocycles. The summed E-state index contributed by atoms with van der Waals surface area (Å²) in [7, 11) is 0. The van der Waals surface area contributed by atoms with E-state index in [1.54, 1.807) is 6.20 Å². The summed E-state index contributed by atoms with van der Waals surface area (Å²) >= 11 is 0. The van der Waals surface area contributed by atoms with E-state index in [0.29, 0.717) is 5.56 Å². The minimum absolute atomic E-state index is 0.0538. The summed E-state index contributed by atoms with van der Waals surface area (Å²) in [6.45, 7) is 5.06. The Bertz CT molecular complexity index is 1490. The van der Waals surface area contributed by atoms with Gasteiger partial charge in [-0.05, 0) is 56.1 Å². The molecular weight excluding hydrogens is 596 g/mol. The molecule has 1 fully saturated rings. The van der Waals surface area contributed by atoms with Gasteiger partial charge in [-0.25, -0.2) is 9.59 Å². The van der Waals surface area contributed by atoms with Crippen molar-refractivity contribution >= 4 is 34.8 Å². The van der Waals surface area contributed by atoms with E-state index in [9.17, 15) is 31.1 Å². The largest absolute Gasteiger partial charge is 0.490 e. The number of hydrogen-bond acceptors (Lipinski definition) is 5. The average molecular weight is 626 g/mol. The first-order valence-electron chi connectivity index (χ1n) is 13.3. The smallest absolute Gasteiger partial charge is 0.475 e. The van der Waals surface area contributed by atoms with E-state index >= 15 is 0 Å². The van der Waals surface area contributed by atoms with Crippen molar-refractivity contribution in [2.24, 2.45) is 0 Å². The first-order chi connectivity index (χ1) is 20.5. The molecule has 1 aliphatic heterocycles. The molecule has 0 saturated carbocycles. The van der Waals surface area contributed by atoms with Crippen LogP contribution in [0.1, 0.15) is 41.3 Å². The molecular formula is C30H29F6N3O5. The molecule has 3 aromatic rings. The van der Waals surface area contributed by atoms with Gasteiger partial charge in [-0.15, -0.1) is 0 Å². The number of aliphatic carboxylic acids is 2. The van der Waals surface area contributed by atoms with Crippen LogP contribution in [0, 0.1) is 0 Å². The Balaban J connectivity index is 0.000000317. The number of hydrogen-bond donors (Lipinski definition) is 3. The maximum Gasteiger partial charge on any atom is 0.490 e. The number of halogens is 6. The monoisotopic (exact) mass is 625 g/mol. The molecule has 14 heteroatoms. The van der Waals surface area contributed by atoms with E-state index in [4.69, 9.17) is 19.8 Å². The van der Waals surface area contributed by atoms with Gasteiger partial charge >= 0.3 is 24.3 Å². The fraction of sp³-hybridized carbons (Fsp3) is 0.333. The molecule has 1 atom stereocenters. The number of rotatable bonds is 4. The summed E-state index contributed by atoms with van der Waals surface area (Å²) in [6.07, 6.45) is -1.54. The van der Waals surface area contributed by atoms with E-state index in [0.717, 1.165) is 43.4 Å². The molecule has 44 heavy (non-hydrogen) atoms. The predicted octanol–water partition coefficient (Wildman–Crippen LogP) is 5.68. The molecule has 1 spiro atoms. The second-order valence-corrected chi connectivity index (χ2v) is 10.3. The molecule has 1 aromatic heterocycles. The minimum atomic E-state index is -5.08. The summed E-state index contributed by atoms with van der Waals surface area (Å²) in [5, 5.41) is 18.4. The minimum Gasteiger partial charge on any atom is -0.475 e. The van der Waals surface area contributed by atoms with Crippen LogP contribution in [0.2, 0.25) is 0 Å². The fourth-order valence-corrected chi connectivity index (χ4v) is 4.94. The molecule has 3 N–H and O–H groups in total. The number of nitrogens with one attached hydrogen (secondary N) is 1. The zero-order valence-electron chi connectivity index (χ0n) is 23.3. The zero-order valence-corrected chi connectivity index (χ0v) is 23.3. The lowest BCUT2D eigenvalue weighted by Crippen LogP contribution is -2.47. The Morgan fingerprint density at radius 1 is 0.932 bits per heavy atom. The number of aromatic nitrogens is 1. The van der Waals surface area contributed by atoms with Crippen LogP contribution in [0.15, 0.2) is 66.9 Å². The van der Waals surface area contributed by atoms with Crippen LogP contribution in [0.5, 0.6) is 0 Å². The van der Waals surface area contributed by atoms with Crippen LogP contribution < -0.4 is 5.32 Å². The van der Waals surface area contributed by atoms with Gasteiger partial charge in [0.25, 0.3) is 5.91 Å². The van der Waals surface area contributed by atoms with Crippen LogP contribution >= 0.6 is 0 Å². The van der Waals surface area contributed by atoms with Crippen LogP contribution in [0.4, 0.5) is 26.3 Å². The SMILES string of the molecule is C[C@@H](CN1CCC2(C=Cc3ccccc32)CC1)NC(=O)c1cnc2ccccc2c1.O=C(O)C(F)(F)F.O=C(O)C(F)(F)F. The Hall–Kier alpha value is -4.46. The highest BCUT2D eigenvalue weighted by molar-refractivity contribution is 5.97. The number of benzene rings is 2. The molecule has 8 nitrogen and oxygen atoms in total. The maximum absolute atomic E-state index is 12.7. The van der Waals surface area contributed by atoms with Crippen molar-refractivity contribution in [3.63, 3.8) is 0 Å². The van der Waals surface area contributed by atoms with Gasteiger partial charge in [-0.3, -0.25) is 9.78 Å². The Morgan fingerprint density at radius 2 is 1.48 bits per heavy atom. The number of carbonyl (C=O) groups excluding carboxylic acids is 1. The highest BCUT2D eigenvalue weighted by Gasteiger charge is 2.39. The lowest BCUT2D eigenvalue weighted by molar-refractivity contribution is -0.193. The van der Waals surface area contributed by atoms with Gasteiger partial charge in [0, 0.05) is 29.6 Å². The molecule has 0 radical (unpaired) electrons. The summed E-state index contributed by atoms with van der Waals surface area (Å²) < 4.78 is 63.5. The molecule has 2 aliphatic rings. The number of amides is 1. The first-order valence-corrected chi connectivity index (χ1v) is 13.3. The number of alkyl halides is 6. The third kappa shape index (κ3) is 9.02. The third-order valence-electron chi connectivity index (χ3n) is 7.07. The lowest BCUT2D eigenvalue weighted by Gasteiger charge is -2.40. The number of nitrogens with zero attached hydrogens (tertiary/aromatic N) is 2. The summed E-state index contributed by atoms with van der Waals surface area (Å²) in [5.74, 6) is -5.57. The van der Waals surface area contributed by atoms with Crippen molar-refractivity contribution in [2.45, 2.75) is 43.6 Å². The maximum atomic E-state index is 12.7. The normalized spacial score (nSPS) is 16.2. The standard InChI is InChI=1S/C26H27N3O.2C2HF3O2/c1-19(28-25(30)22-16-21-7-3-5-9-24(21)27-17-22)18-29-14-12-26(13-15-29)11-10-20-6-2-4-8-23(20)26;2*3-2(4,5)1(6)7/h2-11,16-17,19H,12-15,18H2,1H3,(H,28,30);2*(H,6,7)/t19-;;/m0../s1. The quantitative estimate of drug-likeness (QED) is 0.319. The molecule has 2 heterocycles. The van der Waals surface area contributed by atoms with Crippen molar-refractivity contribution in [3.05, 3.63) is 83.6 Å². The number of carboxylic acids is 2. The third-order valence-corrected chi connectivity index (χ3v) is 7.07. The molecule has 1 saturated heterocycles. The second-order valence-electron chi connectivity index (χ2n) is 10.3. The number of allylic oxidation sites excluding steroid dienone is 1. The number of likely N-dealkylation sites (tertiary alicyclic amines) is 1. The van der Waals surface area contributed by atoms with Crippen molar-refractivity contribution in [2.75, 3.05) is 19.6 Å². The van der Waals surface area contributed by atoms with Gasteiger partial charge < -0.3 is 20.4 Å². The molecule has 0 unspecified atom stereocenters. The number of carboxylic acid groups (broad SMARTS) is 2. The number of pyridine rings is 1. The van der Waals surface area contributed by atoms with Crippen LogP contribution in [-0.2, 0) is 15.0 Å². The number of fused-ring (bicyclic) bond motifs is 3. The number of carbonyl (C=O) groups is 3. The Morgan fingerprint density at radius 3 is 2.07 bits per heavy atom. The van der Waals surface area contributed by atoms with Gasteiger partial charge in [0.2, 0.25) is 0 Å². The van der Waals surface area contributed by atoms with Crippen molar-refractivity contribution in [3.8, 4) is 0 Å². The summed E-state index contributed by atoms with van der Waals surface area (Å²) in [5.41, 5.74) is 4.58. The van der Waals surface area contributed by atoms with Gasteiger partial charge in [0.15, 0.2) is 0 Å². The van der Waals surface area contributed by atoms with Gasteiger partial charge in [0.05, 0.1) is 11.1 Å². The van der Waals surface area contributed by atoms with E-state index in [-0.39, 0.29) is 17.4 Å². The number of piperidine rings is 1. The first kappa shape index (κ1) is 34.0. The van der Waals surface area contributed by atoms with Gasteiger partial charge in [0.1, 0.15) is 0 Å². The second kappa shape index (κ2) is 13.9. The van der Waals surface area contributed by atoms with E-state index in [1.807, 2.05) is 30.3 Å². The molecule has 1 aliphatic carbocycles. The summed E-state index contributed by atoms with van der Waals surface area (Å²) in [4.78, 5) is 37.4. The van der Waals surface area contributed by atoms with Crippen LogP contribution in [0.3, 0.4) is 0 Å². The number of para-hydroxylation sites is 1. The highest BCUT2D eigenvalue weighted by Crippen LogP contribution is 2.43. The Kier molecular flexibility index (Phi) is 10.7. The molecule has 5 rings (SSSR count). The van der Waals surface area contributed by atoms with E-state index in [1.165, 1.54) is 11.1 Å². The van der Waals surface area contributed by atoms with E-state index < -0.39 is 24.3 Å². The van der Waals surface area contributed by atoms with Crippen LogP contribution in [0.25, 0.3) is 17.0 Å². The fourth-order valence-electron chi connectivity index (χ4n) is 4.94. The van der Waals surface area contributed by atoms with Gasteiger partial charge in [-0.2, -0.15) is 26.3 Å². The Labute approximate surface area is 248 Å². The van der Waals surface area contributed by atoms with Gasteiger partial charge in [-0.1, -0.05) is 54.6 Å². The van der Waals surface area contributed by atoms with E-state index in [2.05, 4.69) is 58.5 Å². The summed E-state index contributed by atoms with van der Waals surface area (Å²) in [6, 6.07) is 18.6. The molecule has 0 bridgehead atoms. The van der Waals surface area contributed by atoms with Crippen LogP contribution in [-0.4, -0.2) is 76.0 Å². The van der Waals surface area contributed by atoms with Crippen molar-refractivity contribution in [1.29, 1.82) is 0 Å².